The highest BCUT2D eigenvalue weighted by atomic mass is 32.2. The SMILES string of the molecule is Cc1nnc(SCC(=O)NCc2ccc(S(=O)(=O)N3CCOCC3)cc2)n1C. The van der Waals surface area contributed by atoms with E-state index in [0.29, 0.717) is 38.0 Å². The molecule has 0 atom stereocenters. The van der Waals surface area contributed by atoms with Crippen molar-refractivity contribution < 1.29 is 17.9 Å². The Kier molecular flexibility index (Phi) is 6.70. The zero-order valence-electron chi connectivity index (χ0n) is 15.8. The van der Waals surface area contributed by atoms with Crippen LogP contribution >= 0.6 is 11.8 Å². The lowest BCUT2D eigenvalue weighted by Gasteiger charge is -2.26. The molecule has 28 heavy (non-hydrogen) atoms. The van der Waals surface area contributed by atoms with E-state index in [1.165, 1.54) is 16.1 Å². The molecule has 1 fully saturated rings. The van der Waals surface area contributed by atoms with Crippen molar-refractivity contribution >= 4 is 27.7 Å². The Labute approximate surface area is 168 Å². The number of carbonyl (C=O) groups is 1. The summed E-state index contributed by atoms with van der Waals surface area (Å²) in [5, 5.41) is 11.5. The van der Waals surface area contributed by atoms with Crippen LogP contribution in [0.25, 0.3) is 0 Å². The van der Waals surface area contributed by atoms with Gasteiger partial charge in [-0.1, -0.05) is 23.9 Å². The van der Waals surface area contributed by atoms with Crippen molar-refractivity contribution in [3.8, 4) is 0 Å². The Morgan fingerprint density at radius 2 is 1.89 bits per heavy atom. The number of thioether (sulfide) groups is 1. The summed E-state index contributed by atoms with van der Waals surface area (Å²) in [5.74, 6) is 0.890. The van der Waals surface area contributed by atoms with Gasteiger partial charge in [-0.15, -0.1) is 10.2 Å². The minimum Gasteiger partial charge on any atom is -0.379 e. The molecule has 0 bridgehead atoms. The zero-order chi connectivity index (χ0) is 20.1. The van der Waals surface area contributed by atoms with E-state index >= 15 is 0 Å². The smallest absolute Gasteiger partial charge is 0.243 e. The largest absolute Gasteiger partial charge is 0.379 e. The molecule has 1 aromatic carbocycles. The molecule has 0 saturated carbocycles. The first-order valence-corrected chi connectivity index (χ1v) is 11.2. The number of hydrogen-bond acceptors (Lipinski definition) is 7. The summed E-state index contributed by atoms with van der Waals surface area (Å²) in [5.41, 5.74) is 0.828. The highest BCUT2D eigenvalue weighted by molar-refractivity contribution is 7.99. The lowest BCUT2D eigenvalue weighted by Crippen LogP contribution is -2.40. The van der Waals surface area contributed by atoms with Gasteiger partial charge in [0.05, 0.1) is 23.9 Å². The van der Waals surface area contributed by atoms with E-state index in [-0.39, 0.29) is 16.6 Å². The van der Waals surface area contributed by atoms with Gasteiger partial charge in [-0.05, 0) is 24.6 Å². The van der Waals surface area contributed by atoms with Crippen LogP contribution in [0.5, 0.6) is 0 Å². The lowest BCUT2D eigenvalue weighted by atomic mass is 10.2. The van der Waals surface area contributed by atoms with Gasteiger partial charge < -0.3 is 14.6 Å². The molecule has 1 N–H and O–H groups in total. The molecule has 1 amide bonds. The van der Waals surface area contributed by atoms with Gasteiger partial charge in [0, 0.05) is 26.7 Å². The average molecular weight is 426 g/mol. The number of rotatable bonds is 7. The van der Waals surface area contributed by atoms with E-state index in [0.717, 1.165) is 11.4 Å². The van der Waals surface area contributed by atoms with Crippen molar-refractivity contribution in [2.45, 2.75) is 23.5 Å². The van der Waals surface area contributed by atoms with Crippen LogP contribution in [-0.2, 0) is 33.1 Å². The minimum absolute atomic E-state index is 0.129. The maximum absolute atomic E-state index is 12.6. The fourth-order valence-electron chi connectivity index (χ4n) is 2.61. The predicted octanol–water partition coefficient (Wildman–Crippen LogP) is 0.553. The molecular weight excluding hydrogens is 402 g/mol. The van der Waals surface area contributed by atoms with E-state index in [2.05, 4.69) is 15.5 Å². The van der Waals surface area contributed by atoms with Gasteiger partial charge in [0.15, 0.2) is 5.16 Å². The lowest BCUT2D eigenvalue weighted by molar-refractivity contribution is -0.118. The molecule has 1 aliphatic heterocycles. The molecule has 152 valence electrons. The Bertz CT molecular complexity index is 922. The summed E-state index contributed by atoms with van der Waals surface area (Å²) in [4.78, 5) is 12.3. The molecule has 1 aromatic heterocycles. The molecule has 9 nitrogen and oxygen atoms in total. The number of amides is 1. The fourth-order valence-corrected chi connectivity index (χ4v) is 4.81. The second kappa shape index (κ2) is 9.03. The predicted molar refractivity (Wildman–Crippen MR) is 104 cm³/mol. The second-order valence-electron chi connectivity index (χ2n) is 6.31. The van der Waals surface area contributed by atoms with Crippen molar-refractivity contribution in [3.05, 3.63) is 35.7 Å². The number of benzene rings is 1. The number of aryl methyl sites for hydroxylation is 1. The topological polar surface area (TPSA) is 106 Å². The third-order valence-electron chi connectivity index (χ3n) is 4.41. The van der Waals surface area contributed by atoms with Gasteiger partial charge in [-0.25, -0.2) is 8.42 Å². The van der Waals surface area contributed by atoms with Gasteiger partial charge in [-0.2, -0.15) is 4.31 Å². The van der Waals surface area contributed by atoms with Crippen LogP contribution in [0, 0.1) is 6.92 Å². The summed E-state index contributed by atoms with van der Waals surface area (Å²) in [6.07, 6.45) is 0. The van der Waals surface area contributed by atoms with Crippen molar-refractivity contribution in [2.24, 2.45) is 7.05 Å². The van der Waals surface area contributed by atoms with Crippen LogP contribution in [0.2, 0.25) is 0 Å². The number of aromatic nitrogens is 3. The highest BCUT2D eigenvalue weighted by Gasteiger charge is 2.26. The molecule has 3 rings (SSSR count). The summed E-state index contributed by atoms with van der Waals surface area (Å²) in [6, 6.07) is 6.58. The Balaban J connectivity index is 1.51. The van der Waals surface area contributed by atoms with Crippen molar-refractivity contribution in [1.82, 2.24) is 24.4 Å². The fraction of sp³-hybridized carbons (Fsp3) is 0.471. The quantitative estimate of drug-likeness (QED) is 0.646. The Hall–Kier alpha value is -1.95. The third-order valence-corrected chi connectivity index (χ3v) is 7.34. The van der Waals surface area contributed by atoms with Gasteiger partial charge in [-0.3, -0.25) is 4.79 Å². The number of nitrogens with one attached hydrogen (secondary N) is 1. The molecule has 1 saturated heterocycles. The molecule has 0 aliphatic carbocycles. The zero-order valence-corrected chi connectivity index (χ0v) is 17.4. The summed E-state index contributed by atoms with van der Waals surface area (Å²) >= 11 is 1.32. The minimum atomic E-state index is -3.50. The first-order chi connectivity index (χ1) is 13.4. The number of hydrogen-bond donors (Lipinski definition) is 1. The average Bonchev–Trinajstić information content (AvgIpc) is 3.03. The van der Waals surface area contributed by atoms with Gasteiger partial charge in [0.25, 0.3) is 0 Å². The Morgan fingerprint density at radius 1 is 1.21 bits per heavy atom. The number of morpholine rings is 1. The highest BCUT2D eigenvalue weighted by Crippen LogP contribution is 2.18. The normalized spacial score (nSPS) is 15.5. The van der Waals surface area contributed by atoms with E-state index in [1.54, 1.807) is 24.3 Å². The maximum atomic E-state index is 12.6. The molecule has 2 heterocycles. The van der Waals surface area contributed by atoms with E-state index in [1.807, 2.05) is 18.5 Å². The molecule has 0 spiro atoms. The van der Waals surface area contributed by atoms with Crippen LogP contribution in [0.4, 0.5) is 0 Å². The summed E-state index contributed by atoms with van der Waals surface area (Å²) < 4.78 is 33.7. The molecular formula is C17H23N5O4S2. The van der Waals surface area contributed by atoms with Gasteiger partial charge in [0.1, 0.15) is 5.82 Å². The van der Waals surface area contributed by atoms with Crippen LogP contribution in [-0.4, -0.2) is 65.5 Å². The van der Waals surface area contributed by atoms with Crippen LogP contribution in [0.15, 0.2) is 34.3 Å². The van der Waals surface area contributed by atoms with Gasteiger partial charge >= 0.3 is 0 Å². The van der Waals surface area contributed by atoms with E-state index in [9.17, 15) is 13.2 Å². The first-order valence-electron chi connectivity index (χ1n) is 8.80. The first kappa shape index (κ1) is 20.8. The van der Waals surface area contributed by atoms with Crippen LogP contribution in [0.3, 0.4) is 0 Å². The number of ether oxygens (including phenoxy) is 1. The van der Waals surface area contributed by atoms with E-state index in [4.69, 9.17) is 4.74 Å². The maximum Gasteiger partial charge on any atom is 0.243 e. The third kappa shape index (κ3) is 4.90. The number of nitrogens with zero attached hydrogens (tertiary/aromatic N) is 4. The summed E-state index contributed by atoms with van der Waals surface area (Å²) in [7, 11) is -1.65. The molecule has 0 radical (unpaired) electrons. The Morgan fingerprint density at radius 3 is 2.50 bits per heavy atom. The monoisotopic (exact) mass is 425 g/mol. The van der Waals surface area contributed by atoms with Crippen molar-refractivity contribution in [2.75, 3.05) is 32.1 Å². The molecule has 11 heteroatoms. The number of sulfonamides is 1. The molecule has 1 aliphatic rings. The van der Waals surface area contributed by atoms with E-state index < -0.39 is 10.0 Å². The van der Waals surface area contributed by atoms with Crippen LogP contribution in [0.1, 0.15) is 11.4 Å². The second-order valence-corrected chi connectivity index (χ2v) is 9.20. The van der Waals surface area contributed by atoms with Crippen LogP contribution < -0.4 is 5.32 Å². The van der Waals surface area contributed by atoms with Gasteiger partial charge in [0.2, 0.25) is 15.9 Å². The standard InChI is InChI=1S/C17H23N5O4S2/c1-13-19-20-17(21(13)2)27-12-16(23)18-11-14-3-5-15(6-4-14)28(24,25)22-7-9-26-10-8-22/h3-6H,7-12H2,1-2H3,(H,18,23). The van der Waals surface area contributed by atoms with Crippen molar-refractivity contribution in [3.63, 3.8) is 0 Å². The number of carbonyl (C=O) groups excluding carboxylic acids is 1. The summed E-state index contributed by atoms with van der Waals surface area (Å²) in [6.45, 7) is 3.73. The molecule has 0 unspecified atom stereocenters. The molecule has 2 aromatic rings. The van der Waals surface area contributed by atoms with Crippen molar-refractivity contribution in [1.29, 1.82) is 0 Å².